The SMILES string of the molecule is COC(=O)C1=C(C(=O)OC)C2=CC=CC3=C(C(=O)c4ccccc4)C(C(C(C)=O)C(=O)OC)=C(C#N)C(=N1)N23. The quantitative estimate of drug-likeness (QED) is 0.223. The van der Waals surface area contributed by atoms with Crippen LogP contribution >= 0.6 is 0 Å². The number of esters is 3. The van der Waals surface area contributed by atoms with Crippen LogP contribution in [0.5, 0.6) is 0 Å². The molecule has 39 heavy (non-hydrogen) atoms. The summed E-state index contributed by atoms with van der Waals surface area (Å²) in [5, 5.41) is 10.3. The van der Waals surface area contributed by atoms with Crippen molar-refractivity contribution in [1.82, 2.24) is 4.90 Å². The zero-order valence-electron chi connectivity index (χ0n) is 21.3. The smallest absolute Gasteiger partial charge is 0.357 e. The molecule has 0 amide bonds. The van der Waals surface area contributed by atoms with Crippen molar-refractivity contribution < 1.29 is 38.2 Å². The number of rotatable bonds is 7. The summed E-state index contributed by atoms with van der Waals surface area (Å²) in [6.07, 6.45) is 4.49. The molecule has 1 atom stereocenters. The Morgan fingerprint density at radius 1 is 0.949 bits per heavy atom. The van der Waals surface area contributed by atoms with E-state index in [0.717, 1.165) is 28.3 Å². The molecule has 11 nitrogen and oxygen atoms in total. The summed E-state index contributed by atoms with van der Waals surface area (Å²) in [7, 11) is 3.28. The highest BCUT2D eigenvalue weighted by molar-refractivity contribution is 6.22. The first-order valence-corrected chi connectivity index (χ1v) is 11.5. The van der Waals surface area contributed by atoms with Gasteiger partial charge in [0, 0.05) is 11.1 Å². The van der Waals surface area contributed by atoms with Gasteiger partial charge in [-0.1, -0.05) is 36.4 Å². The lowest BCUT2D eigenvalue weighted by Gasteiger charge is -2.40. The Bertz CT molecular complexity index is 1560. The fraction of sp³-hybridized carbons (Fsp3) is 0.179. The van der Waals surface area contributed by atoms with Crippen molar-refractivity contribution in [3.8, 4) is 6.07 Å². The fourth-order valence-corrected chi connectivity index (χ4v) is 4.54. The molecule has 0 N–H and O–H groups in total. The Kier molecular flexibility index (Phi) is 7.22. The molecule has 0 bridgehead atoms. The van der Waals surface area contributed by atoms with E-state index in [1.165, 1.54) is 23.1 Å². The third kappa shape index (κ3) is 4.27. The number of nitrogens with zero attached hydrogens (tertiary/aromatic N) is 3. The number of Topliss-reactive ketones (excluding diaryl/α,β-unsaturated/α-hetero) is 2. The van der Waals surface area contributed by atoms with Crippen LogP contribution in [0.1, 0.15) is 17.3 Å². The Labute approximate surface area is 222 Å². The molecule has 1 aromatic carbocycles. The highest BCUT2D eigenvalue weighted by Gasteiger charge is 2.47. The molecular formula is C28H21N3O8. The summed E-state index contributed by atoms with van der Waals surface area (Å²) in [5.74, 6) is -6.06. The Morgan fingerprint density at radius 3 is 2.18 bits per heavy atom. The van der Waals surface area contributed by atoms with Crippen LogP contribution in [0.3, 0.4) is 0 Å². The largest absolute Gasteiger partial charge is 0.468 e. The summed E-state index contributed by atoms with van der Waals surface area (Å²) < 4.78 is 14.6. The predicted octanol–water partition coefficient (Wildman–Crippen LogP) is 2.10. The molecule has 3 aliphatic rings. The number of aliphatic imine (C=N–C) groups is 1. The van der Waals surface area contributed by atoms with Gasteiger partial charge in [0.2, 0.25) is 0 Å². The van der Waals surface area contributed by atoms with Crippen LogP contribution in [0.15, 0.2) is 92.9 Å². The zero-order valence-corrected chi connectivity index (χ0v) is 21.3. The fourth-order valence-electron chi connectivity index (χ4n) is 4.54. The Hall–Kier alpha value is -5.37. The van der Waals surface area contributed by atoms with Crippen molar-refractivity contribution in [3.63, 3.8) is 0 Å². The number of ether oxygens (including phenoxy) is 3. The number of allylic oxidation sites excluding steroid dienone is 4. The summed E-state index contributed by atoms with van der Waals surface area (Å²) in [6, 6.07) is 10.0. The van der Waals surface area contributed by atoms with E-state index in [0.29, 0.717) is 0 Å². The summed E-state index contributed by atoms with van der Waals surface area (Å²) in [4.78, 5) is 70.9. The number of carbonyl (C=O) groups excluding carboxylic acids is 5. The van der Waals surface area contributed by atoms with Crippen LogP contribution in [0, 0.1) is 17.2 Å². The third-order valence-corrected chi connectivity index (χ3v) is 6.21. The van der Waals surface area contributed by atoms with Gasteiger partial charge in [0.1, 0.15) is 28.9 Å². The molecular weight excluding hydrogens is 506 g/mol. The van der Waals surface area contributed by atoms with E-state index < -0.39 is 41.1 Å². The maximum atomic E-state index is 14.0. The number of amidine groups is 1. The number of benzene rings is 1. The standard InChI is InChI=1S/C28H21N3O8/c1-14(32)19(26(34)37-2)20-16(13-29)25-30-23(28(36)39-4)22(27(35)38-3)18-12-8-11-17(31(18)25)21(20)24(33)15-9-6-5-7-10-15/h5-12,19H,1-4H3. The van der Waals surface area contributed by atoms with Crippen LogP contribution in [-0.4, -0.2) is 61.5 Å². The first-order chi connectivity index (χ1) is 18.7. The van der Waals surface area contributed by atoms with Crippen molar-refractivity contribution in [2.24, 2.45) is 10.9 Å². The van der Waals surface area contributed by atoms with E-state index in [1.54, 1.807) is 30.3 Å². The molecule has 0 aliphatic carbocycles. The molecule has 1 aromatic rings. The van der Waals surface area contributed by atoms with Crippen molar-refractivity contribution in [2.75, 3.05) is 21.3 Å². The normalized spacial score (nSPS) is 16.4. The van der Waals surface area contributed by atoms with E-state index in [4.69, 9.17) is 14.2 Å². The van der Waals surface area contributed by atoms with Crippen LogP contribution in [0.25, 0.3) is 0 Å². The van der Waals surface area contributed by atoms with Crippen LogP contribution in [0.2, 0.25) is 0 Å². The lowest BCUT2D eigenvalue weighted by atomic mass is 9.78. The summed E-state index contributed by atoms with van der Waals surface area (Å²) in [5.41, 5.74) is -1.03. The van der Waals surface area contributed by atoms with Crippen molar-refractivity contribution in [3.05, 3.63) is 93.5 Å². The third-order valence-electron chi connectivity index (χ3n) is 6.21. The number of hydrogen-bond donors (Lipinski definition) is 0. The average molecular weight is 527 g/mol. The van der Waals surface area contributed by atoms with Crippen molar-refractivity contribution in [1.29, 1.82) is 5.26 Å². The molecule has 0 spiro atoms. The maximum Gasteiger partial charge on any atom is 0.357 e. The number of nitriles is 1. The van der Waals surface area contributed by atoms with Gasteiger partial charge in [-0.15, -0.1) is 0 Å². The van der Waals surface area contributed by atoms with Gasteiger partial charge in [0.15, 0.2) is 17.3 Å². The molecule has 11 heteroatoms. The van der Waals surface area contributed by atoms with Gasteiger partial charge in [-0.05, 0) is 19.1 Å². The van der Waals surface area contributed by atoms with Gasteiger partial charge < -0.3 is 14.2 Å². The molecule has 3 aliphatic heterocycles. The number of hydrogen-bond acceptors (Lipinski definition) is 11. The minimum absolute atomic E-state index is 0.0763. The lowest BCUT2D eigenvalue weighted by Crippen LogP contribution is -2.44. The van der Waals surface area contributed by atoms with E-state index in [9.17, 15) is 29.2 Å². The van der Waals surface area contributed by atoms with Crippen molar-refractivity contribution in [2.45, 2.75) is 6.92 Å². The van der Waals surface area contributed by atoms with E-state index >= 15 is 0 Å². The van der Waals surface area contributed by atoms with Gasteiger partial charge >= 0.3 is 17.9 Å². The molecule has 0 radical (unpaired) electrons. The average Bonchev–Trinajstić information content (AvgIpc) is 2.96. The Morgan fingerprint density at radius 2 is 1.62 bits per heavy atom. The Balaban J connectivity index is 2.17. The summed E-state index contributed by atoms with van der Waals surface area (Å²) >= 11 is 0. The van der Waals surface area contributed by atoms with Gasteiger partial charge in [0.25, 0.3) is 0 Å². The second-order valence-electron chi connectivity index (χ2n) is 8.31. The minimum Gasteiger partial charge on any atom is -0.468 e. The highest BCUT2D eigenvalue weighted by atomic mass is 16.5. The predicted molar refractivity (Wildman–Crippen MR) is 134 cm³/mol. The highest BCUT2D eigenvalue weighted by Crippen LogP contribution is 2.44. The minimum atomic E-state index is -1.67. The number of carbonyl (C=O) groups is 5. The first kappa shape index (κ1) is 26.7. The monoisotopic (exact) mass is 527 g/mol. The number of methoxy groups -OCH3 is 3. The molecule has 0 saturated heterocycles. The second-order valence-corrected chi connectivity index (χ2v) is 8.31. The molecule has 196 valence electrons. The van der Waals surface area contributed by atoms with E-state index in [-0.39, 0.29) is 45.1 Å². The van der Waals surface area contributed by atoms with Gasteiger partial charge in [-0.25, -0.2) is 14.6 Å². The van der Waals surface area contributed by atoms with Crippen molar-refractivity contribution >= 4 is 35.3 Å². The van der Waals surface area contributed by atoms with Gasteiger partial charge in [0.05, 0.1) is 38.3 Å². The molecule has 0 fully saturated rings. The van der Waals surface area contributed by atoms with Gasteiger partial charge in [-0.2, -0.15) is 5.26 Å². The number of ketones is 2. The van der Waals surface area contributed by atoms with Gasteiger partial charge in [-0.3, -0.25) is 19.3 Å². The van der Waals surface area contributed by atoms with Crippen LogP contribution < -0.4 is 0 Å². The molecule has 0 saturated carbocycles. The molecule has 3 heterocycles. The lowest BCUT2D eigenvalue weighted by molar-refractivity contribution is -0.147. The topological polar surface area (TPSA) is 152 Å². The first-order valence-electron chi connectivity index (χ1n) is 11.5. The summed E-state index contributed by atoms with van der Waals surface area (Å²) in [6.45, 7) is 1.13. The van der Waals surface area contributed by atoms with Crippen LogP contribution in [-0.2, 0) is 33.4 Å². The maximum absolute atomic E-state index is 14.0. The molecule has 0 aromatic heterocycles. The molecule has 1 unspecified atom stereocenters. The molecule has 4 rings (SSSR count). The second kappa shape index (κ2) is 10.5. The van der Waals surface area contributed by atoms with E-state index in [2.05, 4.69) is 4.99 Å². The van der Waals surface area contributed by atoms with Crippen LogP contribution in [0.4, 0.5) is 0 Å². The van der Waals surface area contributed by atoms with E-state index in [1.807, 2.05) is 6.07 Å². The zero-order chi connectivity index (χ0) is 28.4.